The van der Waals surface area contributed by atoms with Gasteiger partial charge in [-0.3, -0.25) is 19.3 Å². The minimum atomic E-state index is -0.837. The molecule has 3 amide bonds. The van der Waals surface area contributed by atoms with Gasteiger partial charge in [0.05, 0.1) is 25.3 Å². The summed E-state index contributed by atoms with van der Waals surface area (Å²) in [6.07, 6.45) is 2.05. The van der Waals surface area contributed by atoms with Crippen molar-refractivity contribution in [1.82, 2.24) is 34.6 Å². The van der Waals surface area contributed by atoms with Gasteiger partial charge in [-0.25, -0.2) is 15.0 Å². The number of aryl methyl sites for hydroxylation is 1. The van der Waals surface area contributed by atoms with Crippen LogP contribution in [-0.2, 0) is 33.8 Å². The summed E-state index contributed by atoms with van der Waals surface area (Å²) in [5, 5.41) is 13.4. The molecule has 274 valence electrons. The van der Waals surface area contributed by atoms with Gasteiger partial charge in [0.2, 0.25) is 17.7 Å². The van der Waals surface area contributed by atoms with Crippen LogP contribution in [0.25, 0.3) is 0 Å². The SMILES string of the molecule is C=CCN1CC(=O)N2C(CN(Cc3cccc(N4CC(N5CCN(C)[C@H](C)C5)C4)n3)C(=O)[C@@H]2Cc2ccc(O)cc2)N1C(=O)CCc1ccccc1. The summed E-state index contributed by atoms with van der Waals surface area (Å²) >= 11 is 0. The average molecular weight is 707 g/mol. The van der Waals surface area contributed by atoms with E-state index in [2.05, 4.69) is 35.3 Å². The number of likely N-dealkylation sites (N-methyl/N-ethyl adjacent to an activating group) is 1. The van der Waals surface area contributed by atoms with Crippen LogP contribution in [0.5, 0.6) is 5.75 Å². The monoisotopic (exact) mass is 706 g/mol. The van der Waals surface area contributed by atoms with E-state index in [4.69, 9.17) is 4.98 Å². The number of aromatic hydroxyl groups is 1. The Morgan fingerprint density at radius 1 is 0.942 bits per heavy atom. The van der Waals surface area contributed by atoms with E-state index < -0.39 is 12.2 Å². The molecule has 12 nitrogen and oxygen atoms in total. The van der Waals surface area contributed by atoms with Gasteiger partial charge in [-0.2, -0.15) is 0 Å². The molecule has 5 heterocycles. The summed E-state index contributed by atoms with van der Waals surface area (Å²) in [5.74, 6) is 0.503. The minimum absolute atomic E-state index is 0.0353. The zero-order valence-corrected chi connectivity index (χ0v) is 30.3. The van der Waals surface area contributed by atoms with Crippen LogP contribution in [0.2, 0.25) is 0 Å². The number of hydrazine groups is 1. The number of aromatic nitrogens is 1. The van der Waals surface area contributed by atoms with E-state index in [1.807, 2.05) is 48.5 Å². The second-order valence-corrected chi connectivity index (χ2v) is 14.6. The van der Waals surface area contributed by atoms with Crippen LogP contribution in [0.1, 0.15) is 30.2 Å². The number of fused-ring (bicyclic) bond motifs is 1. The Hall–Kier alpha value is -4.78. The Morgan fingerprint density at radius 2 is 1.71 bits per heavy atom. The summed E-state index contributed by atoms with van der Waals surface area (Å²) in [6, 6.07) is 22.8. The number of hydrogen-bond acceptors (Lipinski definition) is 9. The van der Waals surface area contributed by atoms with E-state index in [1.165, 1.54) is 0 Å². The predicted octanol–water partition coefficient (Wildman–Crippen LogP) is 2.60. The number of piperazine rings is 2. The molecule has 7 rings (SSSR count). The highest BCUT2D eigenvalue weighted by Crippen LogP contribution is 2.31. The van der Waals surface area contributed by atoms with Crippen molar-refractivity contribution in [3.05, 3.63) is 102 Å². The third kappa shape index (κ3) is 7.55. The van der Waals surface area contributed by atoms with Gasteiger partial charge in [0.15, 0.2) is 0 Å². The Balaban J connectivity index is 1.13. The average Bonchev–Trinajstić information content (AvgIpc) is 3.11. The fourth-order valence-electron chi connectivity index (χ4n) is 7.98. The largest absolute Gasteiger partial charge is 0.508 e. The summed E-state index contributed by atoms with van der Waals surface area (Å²) in [5.41, 5.74) is 2.62. The first kappa shape index (κ1) is 35.6. The highest BCUT2D eigenvalue weighted by atomic mass is 16.3. The number of hydrogen-bond donors (Lipinski definition) is 1. The van der Waals surface area contributed by atoms with Crippen LogP contribution >= 0.6 is 0 Å². The van der Waals surface area contributed by atoms with Crippen LogP contribution in [0.4, 0.5) is 5.82 Å². The molecule has 0 aliphatic carbocycles. The molecule has 1 aromatic heterocycles. The molecule has 4 aliphatic heterocycles. The van der Waals surface area contributed by atoms with Gasteiger partial charge in [0.1, 0.15) is 23.8 Å². The van der Waals surface area contributed by atoms with Crippen molar-refractivity contribution >= 4 is 23.5 Å². The number of carbonyl (C=O) groups excluding carboxylic acids is 3. The van der Waals surface area contributed by atoms with Crippen molar-refractivity contribution in [1.29, 1.82) is 0 Å². The fourth-order valence-corrected chi connectivity index (χ4v) is 7.98. The summed E-state index contributed by atoms with van der Waals surface area (Å²) < 4.78 is 0. The maximum Gasteiger partial charge on any atom is 0.246 e. The first-order valence-electron chi connectivity index (χ1n) is 18.4. The number of carbonyl (C=O) groups is 3. The van der Waals surface area contributed by atoms with Gasteiger partial charge < -0.3 is 24.7 Å². The number of anilines is 1. The van der Waals surface area contributed by atoms with Crippen molar-refractivity contribution in [2.24, 2.45) is 0 Å². The number of pyridine rings is 1. The van der Waals surface area contributed by atoms with Crippen LogP contribution in [0, 0.1) is 0 Å². The predicted molar refractivity (Wildman–Crippen MR) is 199 cm³/mol. The van der Waals surface area contributed by atoms with Crippen LogP contribution in [-0.4, -0.2) is 141 Å². The molecule has 4 fully saturated rings. The molecule has 12 heteroatoms. The standard InChI is InChI=1S/C40H50N8O4/c1-4-19-46-28-39(51)47-35(22-31-13-16-34(49)17-14-31)40(52)45(27-37(47)48(46)38(50)18-15-30-9-6-5-7-10-30)24-32-11-8-12-36(41-32)44-25-33(26-44)43-21-20-42(3)29(2)23-43/h4-14,16-17,29,33,35,37,49H,1,15,18-28H2,2-3H3/t29-,35+,37?/m1/s1. The third-order valence-corrected chi connectivity index (χ3v) is 11.1. The van der Waals surface area contributed by atoms with Crippen molar-refractivity contribution in [3.8, 4) is 5.75 Å². The van der Waals surface area contributed by atoms with Gasteiger partial charge in [-0.15, -0.1) is 6.58 Å². The minimum Gasteiger partial charge on any atom is -0.508 e. The number of phenols is 1. The van der Waals surface area contributed by atoms with Crippen LogP contribution in [0.15, 0.2) is 85.5 Å². The molecule has 52 heavy (non-hydrogen) atoms. The topological polar surface area (TPSA) is 107 Å². The van der Waals surface area contributed by atoms with E-state index in [0.717, 1.165) is 55.4 Å². The van der Waals surface area contributed by atoms with Crippen molar-refractivity contribution in [3.63, 3.8) is 0 Å². The quantitative estimate of drug-likeness (QED) is 0.302. The molecule has 1 N–H and O–H groups in total. The maximum absolute atomic E-state index is 14.5. The summed E-state index contributed by atoms with van der Waals surface area (Å²) in [6.45, 7) is 11.9. The van der Waals surface area contributed by atoms with Crippen LogP contribution < -0.4 is 4.90 Å². The number of amides is 3. The first-order valence-corrected chi connectivity index (χ1v) is 18.4. The Bertz CT molecular complexity index is 1750. The van der Waals surface area contributed by atoms with Crippen LogP contribution in [0.3, 0.4) is 0 Å². The van der Waals surface area contributed by atoms with Crippen molar-refractivity contribution in [2.45, 2.75) is 57.0 Å². The Labute approximate surface area is 306 Å². The van der Waals surface area contributed by atoms with Gasteiger partial charge in [-0.1, -0.05) is 54.6 Å². The molecule has 4 aliphatic rings. The number of rotatable bonds is 11. The number of nitrogens with zero attached hydrogens (tertiary/aromatic N) is 8. The normalized spacial score (nSPS) is 23.5. The molecule has 0 bridgehead atoms. The lowest BCUT2D eigenvalue weighted by molar-refractivity contribution is -0.205. The van der Waals surface area contributed by atoms with E-state index in [1.54, 1.807) is 50.2 Å². The fraction of sp³-hybridized carbons (Fsp3) is 0.450. The van der Waals surface area contributed by atoms with Gasteiger partial charge in [0.25, 0.3) is 0 Å². The number of phenolic OH excluding ortho intramolecular Hbond substituents is 1. The first-order chi connectivity index (χ1) is 25.2. The number of benzene rings is 2. The molecule has 4 saturated heterocycles. The second kappa shape index (κ2) is 15.4. The van der Waals surface area contributed by atoms with E-state index in [-0.39, 0.29) is 55.9 Å². The second-order valence-electron chi connectivity index (χ2n) is 14.6. The summed E-state index contributed by atoms with van der Waals surface area (Å²) in [4.78, 5) is 58.2. The maximum atomic E-state index is 14.5. The molecule has 0 radical (unpaired) electrons. The highest BCUT2D eigenvalue weighted by Gasteiger charge is 2.51. The Kier molecular flexibility index (Phi) is 10.6. The molecule has 3 atom stereocenters. The zero-order valence-electron chi connectivity index (χ0n) is 30.3. The van der Waals surface area contributed by atoms with Gasteiger partial charge in [0, 0.05) is 64.2 Å². The van der Waals surface area contributed by atoms with Gasteiger partial charge in [-0.05, 0) is 55.8 Å². The smallest absolute Gasteiger partial charge is 0.246 e. The molecule has 0 saturated carbocycles. The van der Waals surface area contributed by atoms with Gasteiger partial charge >= 0.3 is 0 Å². The molecular formula is C40H50N8O4. The van der Waals surface area contributed by atoms with Crippen molar-refractivity contribution < 1.29 is 19.5 Å². The van der Waals surface area contributed by atoms with E-state index in [9.17, 15) is 19.5 Å². The van der Waals surface area contributed by atoms with Crippen molar-refractivity contribution in [2.75, 3.05) is 64.3 Å². The molecule has 0 spiro atoms. The lowest BCUT2D eigenvalue weighted by Gasteiger charge is -2.55. The molecule has 2 aromatic carbocycles. The lowest BCUT2D eigenvalue weighted by atomic mass is 9.98. The molecule has 3 aromatic rings. The van der Waals surface area contributed by atoms with E-state index >= 15 is 0 Å². The molecule has 1 unspecified atom stereocenters. The molecular weight excluding hydrogens is 656 g/mol. The summed E-state index contributed by atoms with van der Waals surface area (Å²) in [7, 11) is 2.19. The zero-order chi connectivity index (χ0) is 36.4. The van der Waals surface area contributed by atoms with E-state index in [0.29, 0.717) is 25.0 Å². The lowest BCUT2D eigenvalue weighted by Crippen LogP contribution is -2.75. The highest BCUT2D eigenvalue weighted by molar-refractivity contribution is 5.92. The Morgan fingerprint density at radius 3 is 2.44 bits per heavy atom. The third-order valence-electron chi connectivity index (χ3n) is 11.1.